The lowest BCUT2D eigenvalue weighted by atomic mass is 10.2. The number of hydrogen-bond donors (Lipinski definition) is 0. The van der Waals surface area contributed by atoms with Crippen molar-refractivity contribution < 1.29 is 19.2 Å². The summed E-state index contributed by atoms with van der Waals surface area (Å²) >= 11 is 0.873. The second kappa shape index (κ2) is 7.40. The number of nitrogens with zero attached hydrogens (tertiary/aromatic N) is 2. The zero-order chi connectivity index (χ0) is 18.7. The first-order chi connectivity index (χ1) is 12.5. The van der Waals surface area contributed by atoms with E-state index in [2.05, 4.69) is 0 Å². The summed E-state index contributed by atoms with van der Waals surface area (Å²) in [6.07, 6.45) is 1.65. The summed E-state index contributed by atoms with van der Waals surface area (Å²) in [7, 11) is 1.57. The van der Waals surface area contributed by atoms with Crippen LogP contribution in [-0.2, 0) is 11.3 Å². The Hall–Kier alpha value is -3.13. The lowest BCUT2D eigenvalue weighted by molar-refractivity contribution is -0.384. The number of hydrogen-bond acceptors (Lipinski definition) is 6. The summed E-state index contributed by atoms with van der Waals surface area (Å²) in [5.74, 6) is 0.322. The minimum Gasteiger partial charge on any atom is -0.497 e. The van der Waals surface area contributed by atoms with Gasteiger partial charge < -0.3 is 4.74 Å². The Morgan fingerprint density at radius 2 is 1.77 bits per heavy atom. The third-order valence-electron chi connectivity index (χ3n) is 3.78. The van der Waals surface area contributed by atoms with Crippen molar-refractivity contribution in [3.8, 4) is 5.75 Å². The first-order valence-corrected chi connectivity index (χ1v) is 8.42. The lowest BCUT2D eigenvalue weighted by Gasteiger charge is -2.12. The minimum atomic E-state index is -0.499. The number of carbonyl (C=O) groups excluding carboxylic acids is 2. The van der Waals surface area contributed by atoms with Gasteiger partial charge in [0.1, 0.15) is 5.75 Å². The van der Waals surface area contributed by atoms with Gasteiger partial charge in [-0.15, -0.1) is 0 Å². The summed E-state index contributed by atoms with van der Waals surface area (Å²) < 4.78 is 5.09. The Balaban J connectivity index is 1.75. The molecule has 26 heavy (non-hydrogen) atoms. The lowest BCUT2D eigenvalue weighted by Crippen LogP contribution is -2.27. The maximum absolute atomic E-state index is 12.5. The number of nitro benzene ring substituents is 1. The van der Waals surface area contributed by atoms with Crippen molar-refractivity contribution in [1.82, 2.24) is 4.90 Å². The van der Waals surface area contributed by atoms with E-state index >= 15 is 0 Å². The molecule has 0 aromatic heterocycles. The van der Waals surface area contributed by atoms with Gasteiger partial charge in [-0.3, -0.25) is 24.6 Å². The smallest absolute Gasteiger partial charge is 0.293 e. The molecule has 1 fully saturated rings. The quantitative estimate of drug-likeness (QED) is 0.451. The molecule has 1 aliphatic rings. The van der Waals surface area contributed by atoms with Crippen molar-refractivity contribution in [2.75, 3.05) is 7.11 Å². The average Bonchev–Trinajstić information content (AvgIpc) is 2.90. The highest BCUT2D eigenvalue weighted by Gasteiger charge is 2.35. The van der Waals surface area contributed by atoms with Crippen LogP contribution < -0.4 is 4.74 Å². The summed E-state index contributed by atoms with van der Waals surface area (Å²) in [5, 5.41) is 10.3. The van der Waals surface area contributed by atoms with Crippen LogP contribution >= 0.6 is 11.8 Å². The van der Waals surface area contributed by atoms with Crippen LogP contribution in [0.5, 0.6) is 5.75 Å². The Morgan fingerprint density at radius 1 is 1.12 bits per heavy atom. The van der Waals surface area contributed by atoms with E-state index < -0.39 is 4.92 Å². The predicted octanol–water partition coefficient (Wildman–Crippen LogP) is 3.84. The van der Waals surface area contributed by atoms with Crippen LogP contribution in [0.1, 0.15) is 11.1 Å². The number of benzene rings is 2. The van der Waals surface area contributed by atoms with E-state index in [1.165, 1.54) is 24.3 Å². The molecule has 132 valence electrons. The molecule has 0 unspecified atom stereocenters. The molecule has 1 aliphatic heterocycles. The number of ether oxygens (including phenoxy) is 1. The van der Waals surface area contributed by atoms with E-state index in [4.69, 9.17) is 4.74 Å². The zero-order valence-electron chi connectivity index (χ0n) is 13.7. The second-order valence-electron chi connectivity index (χ2n) is 5.46. The van der Waals surface area contributed by atoms with E-state index in [1.807, 2.05) is 0 Å². The number of thioether (sulfide) groups is 1. The van der Waals surface area contributed by atoms with Crippen LogP contribution in [0.3, 0.4) is 0 Å². The highest BCUT2D eigenvalue weighted by atomic mass is 32.2. The summed E-state index contributed by atoms with van der Waals surface area (Å²) in [6.45, 7) is 0.0720. The van der Waals surface area contributed by atoms with Crippen molar-refractivity contribution in [1.29, 1.82) is 0 Å². The van der Waals surface area contributed by atoms with Gasteiger partial charge in [0.25, 0.3) is 16.8 Å². The fraction of sp³-hybridized carbons (Fsp3) is 0.111. The number of imide groups is 1. The van der Waals surface area contributed by atoms with E-state index in [1.54, 1.807) is 37.5 Å². The number of amides is 2. The van der Waals surface area contributed by atoms with Gasteiger partial charge in [0.15, 0.2) is 0 Å². The number of rotatable bonds is 5. The van der Waals surface area contributed by atoms with Crippen LogP contribution in [-0.4, -0.2) is 28.1 Å². The Kier molecular flexibility index (Phi) is 5.04. The first-order valence-electron chi connectivity index (χ1n) is 7.60. The molecular formula is C18H14N2O5S. The second-order valence-corrected chi connectivity index (χ2v) is 6.46. The van der Waals surface area contributed by atoms with Crippen molar-refractivity contribution in [2.45, 2.75) is 6.54 Å². The zero-order valence-corrected chi connectivity index (χ0v) is 14.6. The molecule has 1 heterocycles. The third-order valence-corrected chi connectivity index (χ3v) is 4.68. The fourth-order valence-electron chi connectivity index (χ4n) is 2.39. The largest absolute Gasteiger partial charge is 0.497 e. The maximum Gasteiger partial charge on any atom is 0.293 e. The molecule has 0 radical (unpaired) electrons. The number of non-ortho nitro benzene ring substituents is 1. The highest BCUT2D eigenvalue weighted by Crippen LogP contribution is 2.33. The monoisotopic (exact) mass is 370 g/mol. The number of methoxy groups -OCH3 is 1. The normalized spacial score (nSPS) is 15.6. The molecule has 2 aromatic rings. The minimum absolute atomic E-state index is 0.0395. The standard InChI is InChI=1S/C18H14N2O5S/c1-25-15-8-4-12(5-9-15)10-16-17(21)19(18(22)26-16)11-13-2-6-14(7-3-13)20(23)24/h2-10H,11H2,1H3/b16-10-. The Morgan fingerprint density at radius 3 is 2.35 bits per heavy atom. The number of nitro groups is 1. The molecule has 0 spiro atoms. The molecule has 2 aromatic carbocycles. The van der Waals surface area contributed by atoms with E-state index in [-0.39, 0.29) is 23.4 Å². The molecule has 0 atom stereocenters. The van der Waals surface area contributed by atoms with Gasteiger partial charge in [0.2, 0.25) is 0 Å². The van der Waals surface area contributed by atoms with Crippen LogP contribution in [0, 0.1) is 10.1 Å². The predicted molar refractivity (Wildman–Crippen MR) is 97.6 cm³/mol. The molecule has 0 bridgehead atoms. The molecule has 0 N–H and O–H groups in total. The van der Waals surface area contributed by atoms with Crippen molar-refractivity contribution in [2.24, 2.45) is 0 Å². The van der Waals surface area contributed by atoms with Crippen LogP contribution in [0.2, 0.25) is 0 Å². The van der Waals surface area contributed by atoms with Gasteiger partial charge in [0.05, 0.1) is 23.5 Å². The fourth-order valence-corrected chi connectivity index (χ4v) is 3.23. The topological polar surface area (TPSA) is 89.8 Å². The summed E-state index contributed by atoms with van der Waals surface area (Å²) in [6, 6.07) is 12.9. The summed E-state index contributed by atoms with van der Waals surface area (Å²) in [4.78, 5) is 36.3. The van der Waals surface area contributed by atoms with E-state index in [9.17, 15) is 19.7 Å². The first kappa shape index (κ1) is 17.7. The SMILES string of the molecule is COc1ccc(/C=C2\SC(=O)N(Cc3ccc([N+](=O)[O-])cc3)C2=O)cc1. The van der Waals surface area contributed by atoms with Gasteiger partial charge in [0, 0.05) is 12.1 Å². The van der Waals surface area contributed by atoms with Gasteiger partial charge in [-0.1, -0.05) is 24.3 Å². The van der Waals surface area contributed by atoms with Crippen LogP contribution in [0.4, 0.5) is 10.5 Å². The molecule has 0 saturated carbocycles. The van der Waals surface area contributed by atoms with Crippen LogP contribution in [0.25, 0.3) is 6.08 Å². The summed E-state index contributed by atoms with van der Waals surface area (Å²) in [5.41, 5.74) is 1.39. The number of carbonyl (C=O) groups is 2. The van der Waals surface area contributed by atoms with Gasteiger partial charge in [-0.05, 0) is 41.1 Å². The van der Waals surface area contributed by atoms with Crippen molar-refractivity contribution in [3.05, 3.63) is 74.7 Å². The molecule has 8 heteroatoms. The Labute approximate surface area is 153 Å². The van der Waals surface area contributed by atoms with Crippen LogP contribution in [0.15, 0.2) is 53.4 Å². The van der Waals surface area contributed by atoms with Crippen molar-refractivity contribution in [3.63, 3.8) is 0 Å². The van der Waals surface area contributed by atoms with Crippen molar-refractivity contribution >= 4 is 34.7 Å². The van der Waals surface area contributed by atoms with Gasteiger partial charge in [-0.2, -0.15) is 0 Å². The Bertz CT molecular complexity index is 891. The molecule has 2 amide bonds. The maximum atomic E-state index is 12.5. The molecule has 0 aliphatic carbocycles. The average molecular weight is 370 g/mol. The molecular weight excluding hydrogens is 356 g/mol. The molecule has 7 nitrogen and oxygen atoms in total. The van der Waals surface area contributed by atoms with Gasteiger partial charge in [-0.25, -0.2) is 0 Å². The van der Waals surface area contributed by atoms with E-state index in [0.29, 0.717) is 16.2 Å². The highest BCUT2D eigenvalue weighted by molar-refractivity contribution is 8.18. The van der Waals surface area contributed by atoms with Gasteiger partial charge >= 0.3 is 0 Å². The third kappa shape index (κ3) is 3.75. The molecule has 1 saturated heterocycles. The molecule has 3 rings (SSSR count). The van der Waals surface area contributed by atoms with E-state index in [0.717, 1.165) is 22.2 Å².